The van der Waals surface area contributed by atoms with Crippen molar-refractivity contribution in [2.24, 2.45) is 0 Å². The molecule has 0 spiro atoms. The van der Waals surface area contributed by atoms with E-state index in [0.29, 0.717) is 11.1 Å². The fourth-order valence-corrected chi connectivity index (χ4v) is 7.89. The number of benzene rings is 2. The summed E-state index contributed by atoms with van der Waals surface area (Å²) in [5, 5.41) is 0. The summed E-state index contributed by atoms with van der Waals surface area (Å²) in [5.74, 6) is 6.30. The summed E-state index contributed by atoms with van der Waals surface area (Å²) in [7, 11) is 0. The van der Waals surface area contributed by atoms with Crippen LogP contribution in [0.2, 0.25) is 0 Å². The Balaban J connectivity index is 1.48. The van der Waals surface area contributed by atoms with E-state index in [9.17, 15) is 38.4 Å². The van der Waals surface area contributed by atoms with Crippen LogP contribution in [0.15, 0.2) is 36.4 Å². The Labute approximate surface area is 375 Å². The molecule has 0 bridgehead atoms. The summed E-state index contributed by atoms with van der Waals surface area (Å²) >= 11 is 0. The number of hydrogen-bond acceptors (Lipinski definition) is 18. The van der Waals surface area contributed by atoms with Crippen LogP contribution in [-0.2, 0) is 91.1 Å². The van der Waals surface area contributed by atoms with Crippen LogP contribution in [-0.4, -0.2) is 122 Å². The Kier molecular flexibility index (Phi) is 15.8. The third kappa shape index (κ3) is 12.3. The fraction of sp³-hybridized carbons (Fsp3) is 0.489. The Morgan fingerprint density at radius 1 is 0.462 bits per heavy atom. The zero-order valence-electron chi connectivity index (χ0n) is 37.5. The van der Waals surface area contributed by atoms with Crippen LogP contribution in [0.3, 0.4) is 0 Å². The first-order valence-electron chi connectivity index (χ1n) is 20.5. The summed E-state index contributed by atoms with van der Waals surface area (Å²) in [4.78, 5) is 97.0. The normalized spacial score (nSPS) is 25.8. The van der Waals surface area contributed by atoms with Crippen LogP contribution in [0, 0.1) is 23.7 Å². The van der Waals surface area contributed by atoms with Gasteiger partial charge in [-0.3, -0.25) is 38.4 Å². The van der Waals surface area contributed by atoms with Crippen LogP contribution in [0.5, 0.6) is 0 Å². The summed E-state index contributed by atoms with van der Waals surface area (Å²) in [5.41, 5.74) is 4.13. The first-order chi connectivity index (χ1) is 30.5. The minimum Gasteiger partial charge on any atom is -0.463 e. The first-order valence-corrected chi connectivity index (χ1v) is 20.5. The van der Waals surface area contributed by atoms with Crippen LogP contribution in [0.4, 0.5) is 0 Å². The average Bonchev–Trinajstić information content (AvgIpc) is 3.42. The predicted octanol–water partition coefficient (Wildman–Crippen LogP) is 2.95. The van der Waals surface area contributed by atoms with E-state index >= 15 is 0 Å². The molecule has 18 heteroatoms. The summed E-state index contributed by atoms with van der Waals surface area (Å²) in [6, 6.07) is 11.2. The SMILES string of the molecule is CC(=O)OC[C@H]1O[C@H](C#Cc2ccc3c(c2)C(C)(C)c2cc(C#C[C@H]4O[C@H](COC(C)=O)[C@@H](OC(C)=O)[C@H](OC(C)=O)[C@@H]4OC(C)=O)ccc2-3)[C@@H](OC(C)=O)[C@@H](OC(C)=O)[C@@H]1OC(C)=O. The van der Waals surface area contributed by atoms with Gasteiger partial charge in [-0.05, 0) is 46.5 Å². The van der Waals surface area contributed by atoms with Crippen molar-refractivity contribution >= 4 is 47.8 Å². The molecule has 1 aliphatic carbocycles. The zero-order valence-corrected chi connectivity index (χ0v) is 37.5. The molecule has 0 radical (unpaired) electrons. The van der Waals surface area contributed by atoms with Crippen LogP contribution >= 0.6 is 0 Å². The lowest BCUT2D eigenvalue weighted by Crippen LogP contribution is -2.62. The third-order valence-electron chi connectivity index (χ3n) is 10.4. The topological polar surface area (TPSA) is 229 Å². The van der Waals surface area contributed by atoms with Gasteiger partial charge in [0.05, 0.1) is 0 Å². The number of rotatable bonds is 10. The second-order valence-electron chi connectivity index (χ2n) is 15.9. The molecule has 3 aliphatic rings. The minimum atomic E-state index is -1.37. The predicted molar refractivity (Wildman–Crippen MR) is 222 cm³/mol. The van der Waals surface area contributed by atoms with E-state index in [1.165, 1.54) is 13.8 Å². The molecule has 5 rings (SSSR count). The van der Waals surface area contributed by atoms with Crippen molar-refractivity contribution in [2.75, 3.05) is 13.2 Å². The van der Waals surface area contributed by atoms with E-state index < -0.39 is 127 Å². The molecule has 0 aromatic heterocycles. The van der Waals surface area contributed by atoms with Crippen molar-refractivity contribution in [3.05, 3.63) is 58.7 Å². The van der Waals surface area contributed by atoms with E-state index in [0.717, 1.165) is 63.8 Å². The molecule has 2 aliphatic heterocycles. The van der Waals surface area contributed by atoms with Crippen LogP contribution in [0.1, 0.15) is 91.5 Å². The number of carbonyl (C=O) groups excluding carboxylic acids is 8. The lowest BCUT2D eigenvalue weighted by atomic mass is 9.81. The summed E-state index contributed by atoms with van der Waals surface area (Å²) in [6.45, 7) is 12.4. The highest BCUT2D eigenvalue weighted by Gasteiger charge is 2.53. The monoisotopic (exact) mass is 902 g/mol. The van der Waals surface area contributed by atoms with Gasteiger partial charge in [0.25, 0.3) is 0 Å². The first kappa shape index (κ1) is 49.3. The van der Waals surface area contributed by atoms with E-state index in [1.54, 1.807) is 12.1 Å². The maximum atomic E-state index is 12.3. The third-order valence-corrected chi connectivity index (χ3v) is 10.4. The fourth-order valence-electron chi connectivity index (χ4n) is 7.89. The Hall–Kier alpha value is -6.76. The molecule has 2 heterocycles. The highest BCUT2D eigenvalue weighted by Crippen LogP contribution is 2.49. The number of esters is 8. The number of carbonyl (C=O) groups is 8. The van der Waals surface area contributed by atoms with Crippen molar-refractivity contribution in [3.63, 3.8) is 0 Å². The molecule has 2 fully saturated rings. The standard InChI is InChI=1S/C47H50O18/c1-23(48)56-21-39-43(60-27(5)52)45(62-29(7)54)41(58-25(3)50)37(64-39)17-13-31-11-15-33-34-16-12-32(20-36(34)47(9,10)35(33)19-31)14-18-38-42(59-26(4)51)46(63-30(8)55)44(61-28(6)53)40(65-38)22-57-24(2)49/h11-12,15-16,19-20,37-46H,21-22H2,1-10H3/t37-,38-,39-,40-,41-,42-,43-,44-,45-,46-/m1/s1. The summed E-state index contributed by atoms with van der Waals surface area (Å²) in [6.07, 6.45) is -12.9. The van der Waals surface area contributed by atoms with Gasteiger partial charge in [-0.15, -0.1) is 0 Å². The Morgan fingerprint density at radius 2 is 0.769 bits per heavy atom. The molecule has 10 atom stereocenters. The van der Waals surface area contributed by atoms with Crippen molar-refractivity contribution in [1.29, 1.82) is 0 Å². The highest BCUT2D eigenvalue weighted by atomic mass is 16.7. The maximum Gasteiger partial charge on any atom is 0.303 e. The lowest BCUT2D eigenvalue weighted by molar-refractivity contribution is -0.243. The number of ether oxygens (including phenoxy) is 10. The molecule has 2 saturated heterocycles. The van der Waals surface area contributed by atoms with Gasteiger partial charge in [0.1, 0.15) is 25.4 Å². The van der Waals surface area contributed by atoms with Gasteiger partial charge >= 0.3 is 47.8 Å². The average molecular weight is 903 g/mol. The van der Waals surface area contributed by atoms with Crippen molar-refractivity contribution in [3.8, 4) is 34.8 Å². The van der Waals surface area contributed by atoms with Gasteiger partial charge in [-0.1, -0.05) is 49.7 Å². The molecule has 65 heavy (non-hydrogen) atoms. The van der Waals surface area contributed by atoms with Gasteiger partial charge in [0, 0.05) is 71.9 Å². The number of fused-ring (bicyclic) bond motifs is 3. The van der Waals surface area contributed by atoms with Gasteiger partial charge in [-0.25, -0.2) is 0 Å². The molecule has 2 aromatic rings. The molecule has 346 valence electrons. The second-order valence-corrected chi connectivity index (χ2v) is 15.9. The highest BCUT2D eigenvalue weighted by molar-refractivity contribution is 5.82. The second kappa shape index (κ2) is 20.8. The van der Waals surface area contributed by atoms with E-state index in [1.807, 2.05) is 38.1 Å². The number of hydrogen-bond donors (Lipinski definition) is 0. The van der Waals surface area contributed by atoms with Crippen molar-refractivity contribution < 1.29 is 85.7 Å². The zero-order chi connectivity index (χ0) is 47.9. The molecule has 0 N–H and O–H groups in total. The van der Waals surface area contributed by atoms with Crippen LogP contribution < -0.4 is 0 Å². The molecule has 18 nitrogen and oxygen atoms in total. The van der Waals surface area contributed by atoms with Gasteiger partial charge in [0.2, 0.25) is 0 Å². The van der Waals surface area contributed by atoms with E-state index in [-0.39, 0.29) is 0 Å². The molecule has 0 unspecified atom stereocenters. The van der Waals surface area contributed by atoms with Gasteiger partial charge in [-0.2, -0.15) is 0 Å². The summed E-state index contributed by atoms with van der Waals surface area (Å²) < 4.78 is 55.7. The van der Waals surface area contributed by atoms with Gasteiger partial charge < -0.3 is 47.4 Å². The molecule has 0 saturated carbocycles. The van der Waals surface area contributed by atoms with Crippen molar-refractivity contribution in [2.45, 2.75) is 136 Å². The van der Waals surface area contributed by atoms with E-state index in [4.69, 9.17) is 47.4 Å². The molecular weight excluding hydrogens is 852 g/mol. The lowest BCUT2D eigenvalue weighted by Gasteiger charge is -2.42. The molecular formula is C47H50O18. The molecule has 0 amide bonds. The molecule has 2 aromatic carbocycles. The smallest absolute Gasteiger partial charge is 0.303 e. The van der Waals surface area contributed by atoms with Gasteiger partial charge in [0.15, 0.2) is 48.8 Å². The largest absolute Gasteiger partial charge is 0.463 e. The van der Waals surface area contributed by atoms with Crippen molar-refractivity contribution in [1.82, 2.24) is 0 Å². The minimum absolute atomic E-state index is 0.393. The maximum absolute atomic E-state index is 12.3. The Bertz CT molecular complexity index is 2200. The quantitative estimate of drug-likeness (QED) is 0.190. The van der Waals surface area contributed by atoms with E-state index in [2.05, 4.69) is 23.7 Å². The Morgan fingerprint density at radius 3 is 1.08 bits per heavy atom. The van der Waals surface area contributed by atoms with Crippen LogP contribution in [0.25, 0.3) is 11.1 Å².